The molecule has 1 heterocycles. The first-order valence-electron chi connectivity index (χ1n) is 5.15. The maximum Gasteiger partial charge on any atom is 0.243 e. The molecule has 0 saturated heterocycles. The van der Waals surface area contributed by atoms with Gasteiger partial charge in [0.05, 0.1) is 25.1 Å². The largest absolute Gasteiger partial charge is 0.243 e. The van der Waals surface area contributed by atoms with Crippen LogP contribution in [0, 0.1) is 22.7 Å². The molecule has 4 heteroatoms. The molecule has 0 unspecified atom stereocenters. The summed E-state index contributed by atoms with van der Waals surface area (Å²) >= 11 is 0. The van der Waals surface area contributed by atoms with Gasteiger partial charge in [-0.3, -0.25) is 0 Å². The first-order chi connectivity index (χ1) is 7.36. The average molecular weight is 203 g/mol. The predicted molar refractivity (Wildman–Crippen MR) is 54.3 cm³/mol. The van der Waals surface area contributed by atoms with Gasteiger partial charge in [-0.15, -0.1) is 0 Å². The van der Waals surface area contributed by atoms with Gasteiger partial charge < -0.3 is 0 Å². The third kappa shape index (κ3) is 4.28. The molecule has 4 nitrogen and oxygen atoms in total. The summed E-state index contributed by atoms with van der Waals surface area (Å²) in [6.45, 7) is 1.70. The van der Waals surface area contributed by atoms with Crippen LogP contribution >= 0.6 is 0 Å². The molecule has 0 N–H and O–H groups in total. The minimum Gasteiger partial charge on any atom is -0.237 e. The molecule has 1 aromatic heterocycles. The Labute approximate surface area is 90.0 Å². The summed E-state index contributed by atoms with van der Waals surface area (Å²) in [4.78, 5) is 0. The Balaban J connectivity index is 2.27. The SMILES string of the molecule is N#CCCCCn1cc[n+](CCC#N)c1. The van der Waals surface area contributed by atoms with E-state index in [2.05, 4.69) is 16.7 Å². The number of nitrogens with zero attached hydrogens (tertiary/aromatic N) is 4. The molecule has 0 bridgehead atoms. The van der Waals surface area contributed by atoms with Crippen molar-refractivity contribution in [2.45, 2.75) is 38.8 Å². The third-order valence-corrected chi connectivity index (χ3v) is 2.18. The topological polar surface area (TPSA) is 56.4 Å². The van der Waals surface area contributed by atoms with E-state index in [-0.39, 0.29) is 0 Å². The lowest BCUT2D eigenvalue weighted by Gasteiger charge is -1.93. The third-order valence-electron chi connectivity index (χ3n) is 2.18. The second-order valence-corrected chi connectivity index (χ2v) is 3.41. The van der Waals surface area contributed by atoms with Crippen LogP contribution in [-0.2, 0) is 13.1 Å². The van der Waals surface area contributed by atoms with Crippen molar-refractivity contribution >= 4 is 0 Å². The molecule has 1 rings (SSSR count). The molecule has 78 valence electrons. The van der Waals surface area contributed by atoms with E-state index in [4.69, 9.17) is 10.5 Å². The number of hydrogen-bond donors (Lipinski definition) is 0. The zero-order valence-electron chi connectivity index (χ0n) is 8.76. The van der Waals surface area contributed by atoms with Crippen LogP contribution in [0.5, 0.6) is 0 Å². The van der Waals surface area contributed by atoms with E-state index in [9.17, 15) is 0 Å². The molecule has 15 heavy (non-hydrogen) atoms. The van der Waals surface area contributed by atoms with Crippen molar-refractivity contribution in [3.63, 3.8) is 0 Å². The fourth-order valence-corrected chi connectivity index (χ4v) is 1.38. The minimum absolute atomic E-state index is 0.545. The van der Waals surface area contributed by atoms with Crippen LogP contribution < -0.4 is 4.57 Å². The van der Waals surface area contributed by atoms with Gasteiger partial charge in [0, 0.05) is 6.42 Å². The number of aromatic nitrogens is 2. The van der Waals surface area contributed by atoms with Gasteiger partial charge in [0.25, 0.3) is 0 Å². The van der Waals surface area contributed by atoms with Gasteiger partial charge in [-0.05, 0) is 12.8 Å². The predicted octanol–water partition coefficient (Wildman–Crippen LogP) is 1.38. The Bertz CT molecular complexity index is 367. The van der Waals surface area contributed by atoms with Crippen LogP contribution in [0.25, 0.3) is 0 Å². The van der Waals surface area contributed by atoms with Crippen LogP contribution in [0.3, 0.4) is 0 Å². The van der Waals surface area contributed by atoms with Crippen molar-refractivity contribution in [1.29, 1.82) is 10.5 Å². The highest BCUT2D eigenvalue weighted by atomic mass is 15.1. The maximum absolute atomic E-state index is 8.43. The maximum atomic E-state index is 8.43. The van der Waals surface area contributed by atoms with Gasteiger partial charge in [-0.25, -0.2) is 9.13 Å². The van der Waals surface area contributed by atoms with Crippen molar-refractivity contribution in [1.82, 2.24) is 4.57 Å². The first-order valence-corrected chi connectivity index (χ1v) is 5.15. The molecule has 0 radical (unpaired) electrons. The molecular weight excluding hydrogens is 188 g/mol. The Morgan fingerprint density at radius 3 is 2.67 bits per heavy atom. The summed E-state index contributed by atoms with van der Waals surface area (Å²) in [5, 5.41) is 16.8. The molecule has 0 spiro atoms. The van der Waals surface area contributed by atoms with Crippen LogP contribution in [0.15, 0.2) is 18.7 Å². The summed E-state index contributed by atoms with van der Waals surface area (Å²) in [6.07, 6.45) is 9.14. The van der Waals surface area contributed by atoms with Crippen LogP contribution in [0.1, 0.15) is 25.7 Å². The van der Waals surface area contributed by atoms with Crippen molar-refractivity contribution in [2.24, 2.45) is 0 Å². The lowest BCUT2D eigenvalue weighted by atomic mass is 10.2. The van der Waals surface area contributed by atoms with Crippen LogP contribution in [0.4, 0.5) is 0 Å². The fourth-order valence-electron chi connectivity index (χ4n) is 1.38. The summed E-state index contributed by atoms with van der Waals surface area (Å²) in [6, 6.07) is 4.26. The zero-order chi connectivity index (χ0) is 10.9. The molecular formula is C11H15N4+. The highest BCUT2D eigenvalue weighted by Gasteiger charge is 2.02. The molecule has 1 aromatic rings. The number of rotatable bonds is 6. The minimum atomic E-state index is 0.545. The van der Waals surface area contributed by atoms with Gasteiger partial charge in [0.2, 0.25) is 6.33 Å². The van der Waals surface area contributed by atoms with Gasteiger partial charge in [0.15, 0.2) is 0 Å². The lowest BCUT2D eigenvalue weighted by molar-refractivity contribution is -0.695. The Hall–Kier alpha value is -1.81. The Kier molecular flexibility index (Phi) is 4.97. The smallest absolute Gasteiger partial charge is 0.237 e. The quantitative estimate of drug-likeness (QED) is 0.518. The molecule has 0 aliphatic heterocycles. The van der Waals surface area contributed by atoms with E-state index in [0.29, 0.717) is 12.8 Å². The highest BCUT2D eigenvalue weighted by Crippen LogP contribution is 1.97. The van der Waals surface area contributed by atoms with Crippen molar-refractivity contribution in [3.05, 3.63) is 18.7 Å². The summed E-state index contributed by atoms with van der Waals surface area (Å²) in [5.41, 5.74) is 0. The zero-order valence-corrected chi connectivity index (χ0v) is 8.76. The number of unbranched alkanes of at least 4 members (excludes halogenated alkanes) is 2. The highest BCUT2D eigenvalue weighted by molar-refractivity contribution is 4.71. The van der Waals surface area contributed by atoms with Crippen molar-refractivity contribution in [2.75, 3.05) is 0 Å². The molecule has 0 aliphatic carbocycles. The van der Waals surface area contributed by atoms with E-state index >= 15 is 0 Å². The Morgan fingerprint density at radius 1 is 1.13 bits per heavy atom. The van der Waals surface area contributed by atoms with Gasteiger partial charge in [0.1, 0.15) is 18.9 Å². The molecule has 0 saturated carbocycles. The van der Waals surface area contributed by atoms with Gasteiger partial charge in [-0.2, -0.15) is 10.5 Å². The van der Waals surface area contributed by atoms with E-state index < -0.39 is 0 Å². The second-order valence-electron chi connectivity index (χ2n) is 3.41. The lowest BCUT2D eigenvalue weighted by Crippen LogP contribution is -2.30. The van der Waals surface area contributed by atoms with Crippen LogP contribution in [0.2, 0.25) is 0 Å². The number of imidazole rings is 1. The van der Waals surface area contributed by atoms with Gasteiger partial charge in [-0.1, -0.05) is 0 Å². The molecule has 0 aliphatic rings. The Morgan fingerprint density at radius 2 is 1.93 bits per heavy atom. The van der Waals surface area contributed by atoms with E-state index in [1.165, 1.54) is 0 Å². The summed E-state index contributed by atoms with van der Waals surface area (Å²) in [5.74, 6) is 0. The van der Waals surface area contributed by atoms with Crippen molar-refractivity contribution in [3.8, 4) is 12.1 Å². The average Bonchev–Trinajstić information content (AvgIpc) is 2.69. The molecule has 0 aromatic carbocycles. The molecule has 0 atom stereocenters. The molecule has 0 fully saturated rings. The monoisotopic (exact) mass is 203 g/mol. The second kappa shape index (κ2) is 6.62. The van der Waals surface area contributed by atoms with Crippen molar-refractivity contribution < 1.29 is 4.57 Å². The molecule has 0 amide bonds. The first kappa shape index (κ1) is 11.3. The summed E-state index contributed by atoms with van der Waals surface area (Å²) in [7, 11) is 0. The number of nitriles is 2. The fraction of sp³-hybridized carbons (Fsp3) is 0.545. The number of aryl methyl sites for hydroxylation is 2. The number of hydrogen-bond acceptors (Lipinski definition) is 2. The van der Waals surface area contributed by atoms with Gasteiger partial charge >= 0.3 is 0 Å². The van der Waals surface area contributed by atoms with E-state index in [1.807, 2.05) is 23.3 Å². The van der Waals surface area contributed by atoms with E-state index in [1.54, 1.807) is 0 Å². The van der Waals surface area contributed by atoms with E-state index in [0.717, 1.165) is 25.9 Å². The summed E-state index contributed by atoms with van der Waals surface area (Å²) < 4.78 is 4.10. The standard InChI is InChI=1S/C11H15N4/c12-5-2-1-3-7-14-9-10-15(11-14)8-4-6-13/h9-11H,1-4,7-8H2/q+1. The van der Waals surface area contributed by atoms with Crippen LogP contribution in [-0.4, -0.2) is 4.57 Å². The normalized spacial score (nSPS) is 9.47.